The summed E-state index contributed by atoms with van der Waals surface area (Å²) in [5.41, 5.74) is -0.487. The summed E-state index contributed by atoms with van der Waals surface area (Å²) in [6.07, 6.45) is 5.33. The summed E-state index contributed by atoms with van der Waals surface area (Å²) >= 11 is 0. The molecule has 1 rings (SSSR count). The SMILES string of the molecule is CCC(COC)NCC1(O)CCCC(C)C1. The van der Waals surface area contributed by atoms with Crippen molar-refractivity contribution in [3.63, 3.8) is 0 Å². The van der Waals surface area contributed by atoms with Crippen LogP contribution in [0.4, 0.5) is 0 Å². The molecule has 3 nitrogen and oxygen atoms in total. The third kappa shape index (κ3) is 4.40. The molecule has 3 heteroatoms. The molecule has 1 aliphatic carbocycles. The lowest BCUT2D eigenvalue weighted by Crippen LogP contribution is -2.48. The molecule has 0 aromatic carbocycles. The molecule has 0 amide bonds. The van der Waals surface area contributed by atoms with Crippen LogP contribution in [0, 0.1) is 5.92 Å². The van der Waals surface area contributed by atoms with Crippen LogP contribution in [0.2, 0.25) is 0 Å². The van der Waals surface area contributed by atoms with Crippen LogP contribution in [0.1, 0.15) is 46.0 Å². The van der Waals surface area contributed by atoms with Crippen LogP contribution in [0.3, 0.4) is 0 Å². The lowest BCUT2D eigenvalue weighted by molar-refractivity contribution is -0.0157. The van der Waals surface area contributed by atoms with Crippen molar-refractivity contribution in [1.82, 2.24) is 5.32 Å². The van der Waals surface area contributed by atoms with Crippen LogP contribution >= 0.6 is 0 Å². The van der Waals surface area contributed by atoms with Gasteiger partial charge in [0.15, 0.2) is 0 Å². The fraction of sp³-hybridized carbons (Fsp3) is 1.00. The quantitative estimate of drug-likeness (QED) is 0.731. The molecule has 2 N–H and O–H groups in total. The molecule has 3 unspecified atom stereocenters. The van der Waals surface area contributed by atoms with E-state index in [1.54, 1.807) is 7.11 Å². The Hall–Kier alpha value is -0.120. The molecular formula is C13H27NO2. The zero-order valence-corrected chi connectivity index (χ0v) is 11.0. The molecule has 0 aromatic rings. The molecule has 0 aliphatic heterocycles. The first kappa shape index (κ1) is 13.9. The van der Waals surface area contributed by atoms with Crippen LogP contribution in [0.5, 0.6) is 0 Å². The maximum atomic E-state index is 10.5. The van der Waals surface area contributed by atoms with Crippen molar-refractivity contribution in [1.29, 1.82) is 0 Å². The highest BCUT2D eigenvalue weighted by Gasteiger charge is 2.32. The van der Waals surface area contributed by atoms with Gasteiger partial charge in [-0.05, 0) is 25.2 Å². The van der Waals surface area contributed by atoms with Crippen molar-refractivity contribution in [3.05, 3.63) is 0 Å². The second-order valence-electron chi connectivity index (χ2n) is 5.37. The standard InChI is InChI=1S/C13H27NO2/c1-4-12(9-16-3)14-10-13(15)7-5-6-11(2)8-13/h11-12,14-15H,4-10H2,1-3H3. The highest BCUT2D eigenvalue weighted by Crippen LogP contribution is 2.31. The van der Waals surface area contributed by atoms with Crippen molar-refractivity contribution >= 4 is 0 Å². The van der Waals surface area contributed by atoms with Gasteiger partial charge in [-0.3, -0.25) is 0 Å². The van der Waals surface area contributed by atoms with Gasteiger partial charge in [-0.1, -0.05) is 26.7 Å². The Morgan fingerprint density at radius 3 is 2.88 bits per heavy atom. The molecule has 16 heavy (non-hydrogen) atoms. The van der Waals surface area contributed by atoms with Crippen LogP contribution in [-0.2, 0) is 4.74 Å². The van der Waals surface area contributed by atoms with Crippen LogP contribution in [0.25, 0.3) is 0 Å². The van der Waals surface area contributed by atoms with Crippen LogP contribution in [0.15, 0.2) is 0 Å². The second kappa shape index (κ2) is 6.58. The third-order valence-corrected chi connectivity index (χ3v) is 3.65. The van der Waals surface area contributed by atoms with Gasteiger partial charge in [0.25, 0.3) is 0 Å². The summed E-state index contributed by atoms with van der Waals surface area (Å²) in [5.74, 6) is 0.656. The number of hydrogen-bond donors (Lipinski definition) is 2. The largest absolute Gasteiger partial charge is 0.389 e. The highest BCUT2D eigenvalue weighted by molar-refractivity contribution is 4.88. The number of hydrogen-bond acceptors (Lipinski definition) is 3. The van der Waals surface area contributed by atoms with Gasteiger partial charge in [0.2, 0.25) is 0 Å². The topological polar surface area (TPSA) is 41.5 Å². The van der Waals surface area contributed by atoms with Crippen molar-refractivity contribution in [3.8, 4) is 0 Å². The first-order valence-electron chi connectivity index (χ1n) is 6.54. The molecule has 0 heterocycles. The molecule has 0 bridgehead atoms. The van der Waals surface area contributed by atoms with Gasteiger partial charge in [-0.2, -0.15) is 0 Å². The molecule has 96 valence electrons. The fourth-order valence-corrected chi connectivity index (χ4v) is 2.65. The average molecular weight is 229 g/mol. The molecule has 0 aromatic heterocycles. The minimum atomic E-state index is -0.487. The van der Waals surface area contributed by atoms with Crippen molar-refractivity contribution in [2.45, 2.75) is 57.6 Å². The van der Waals surface area contributed by atoms with E-state index < -0.39 is 5.60 Å². The third-order valence-electron chi connectivity index (χ3n) is 3.65. The molecule has 3 atom stereocenters. The van der Waals surface area contributed by atoms with E-state index in [0.717, 1.165) is 32.3 Å². The number of methoxy groups -OCH3 is 1. The van der Waals surface area contributed by atoms with Gasteiger partial charge in [0.1, 0.15) is 0 Å². The van der Waals surface area contributed by atoms with E-state index >= 15 is 0 Å². The Kier molecular flexibility index (Phi) is 5.73. The molecule has 1 aliphatic rings. The first-order chi connectivity index (χ1) is 7.59. The van der Waals surface area contributed by atoms with E-state index in [1.165, 1.54) is 6.42 Å². The predicted octanol–water partition coefficient (Wildman–Crippen LogP) is 1.94. The maximum absolute atomic E-state index is 10.5. The van der Waals surface area contributed by atoms with E-state index in [4.69, 9.17) is 4.74 Å². The Labute approximate surface area is 99.6 Å². The zero-order valence-electron chi connectivity index (χ0n) is 11.0. The summed E-state index contributed by atoms with van der Waals surface area (Å²) in [5, 5.41) is 13.9. The van der Waals surface area contributed by atoms with Gasteiger partial charge in [-0.15, -0.1) is 0 Å². The van der Waals surface area contributed by atoms with Gasteiger partial charge < -0.3 is 15.2 Å². The van der Waals surface area contributed by atoms with Crippen molar-refractivity contribution in [2.24, 2.45) is 5.92 Å². The van der Waals surface area contributed by atoms with Gasteiger partial charge in [-0.25, -0.2) is 0 Å². The van der Waals surface area contributed by atoms with Crippen molar-refractivity contribution < 1.29 is 9.84 Å². The van der Waals surface area contributed by atoms with E-state index in [2.05, 4.69) is 19.2 Å². The molecular weight excluding hydrogens is 202 g/mol. The Bertz CT molecular complexity index is 198. The second-order valence-corrected chi connectivity index (χ2v) is 5.37. The molecule has 0 saturated heterocycles. The monoisotopic (exact) mass is 229 g/mol. The molecule has 0 radical (unpaired) electrons. The van der Waals surface area contributed by atoms with Gasteiger partial charge in [0, 0.05) is 19.7 Å². The van der Waals surface area contributed by atoms with Crippen molar-refractivity contribution in [2.75, 3.05) is 20.3 Å². The minimum absolute atomic E-state index is 0.367. The number of aliphatic hydroxyl groups is 1. The average Bonchev–Trinajstić information content (AvgIpc) is 2.24. The minimum Gasteiger partial charge on any atom is -0.389 e. The lowest BCUT2D eigenvalue weighted by Gasteiger charge is -2.36. The van der Waals surface area contributed by atoms with E-state index in [9.17, 15) is 5.11 Å². The normalized spacial score (nSPS) is 32.6. The number of rotatable bonds is 6. The summed E-state index contributed by atoms with van der Waals surface area (Å²) in [6.45, 7) is 5.81. The Morgan fingerprint density at radius 2 is 2.31 bits per heavy atom. The molecule has 1 saturated carbocycles. The highest BCUT2D eigenvalue weighted by atomic mass is 16.5. The summed E-state index contributed by atoms with van der Waals surface area (Å²) in [6, 6.07) is 0.367. The predicted molar refractivity (Wildman–Crippen MR) is 66.5 cm³/mol. The number of ether oxygens (including phenoxy) is 1. The maximum Gasteiger partial charge on any atom is 0.0774 e. The van der Waals surface area contributed by atoms with Gasteiger partial charge in [0.05, 0.1) is 12.2 Å². The molecule has 1 fully saturated rings. The molecule has 0 spiro atoms. The fourth-order valence-electron chi connectivity index (χ4n) is 2.65. The summed E-state index contributed by atoms with van der Waals surface area (Å²) in [7, 11) is 1.72. The van der Waals surface area contributed by atoms with E-state index in [1.807, 2.05) is 0 Å². The van der Waals surface area contributed by atoms with Crippen LogP contribution < -0.4 is 5.32 Å². The smallest absolute Gasteiger partial charge is 0.0774 e. The zero-order chi connectivity index (χ0) is 12.0. The Balaban J connectivity index is 2.34. The van der Waals surface area contributed by atoms with E-state index in [0.29, 0.717) is 18.5 Å². The van der Waals surface area contributed by atoms with E-state index in [-0.39, 0.29) is 0 Å². The van der Waals surface area contributed by atoms with Crippen LogP contribution in [-0.4, -0.2) is 37.0 Å². The number of nitrogens with one attached hydrogen (secondary N) is 1. The Morgan fingerprint density at radius 1 is 1.56 bits per heavy atom. The van der Waals surface area contributed by atoms with Gasteiger partial charge >= 0.3 is 0 Å². The first-order valence-corrected chi connectivity index (χ1v) is 6.54. The summed E-state index contributed by atoms with van der Waals surface area (Å²) < 4.78 is 5.14. The lowest BCUT2D eigenvalue weighted by atomic mass is 9.79. The summed E-state index contributed by atoms with van der Waals surface area (Å²) in [4.78, 5) is 0.